The van der Waals surface area contributed by atoms with Gasteiger partial charge in [-0.25, -0.2) is 0 Å². The number of rotatable bonds is 8. The van der Waals surface area contributed by atoms with Gasteiger partial charge in [-0.3, -0.25) is 4.79 Å². The maximum absolute atomic E-state index is 10.4. The molecule has 2 heteroatoms. The fourth-order valence-electron chi connectivity index (χ4n) is 1.17. The van der Waals surface area contributed by atoms with Crippen molar-refractivity contribution in [3.05, 3.63) is 24.3 Å². The second-order valence-corrected chi connectivity index (χ2v) is 3.45. The Bertz CT molecular complexity index is 205. The molecule has 15 heavy (non-hydrogen) atoms. The Morgan fingerprint density at radius 2 is 1.73 bits per heavy atom. The zero-order valence-corrected chi connectivity index (χ0v) is 9.87. The Labute approximate surface area is 93.0 Å². The molecule has 0 bridgehead atoms. The molecule has 0 radical (unpaired) electrons. The molecule has 0 aromatic carbocycles. The van der Waals surface area contributed by atoms with Crippen molar-refractivity contribution in [1.29, 1.82) is 0 Å². The molecule has 0 aromatic heterocycles. The van der Waals surface area contributed by atoms with Gasteiger partial charge in [-0.1, -0.05) is 24.3 Å². The summed E-state index contributed by atoms with van der Waals surface area (Å²) in [6, 6.07) is 0. The van der Waals surface area contributed by atoms with Gasteiger partial charge in [0, 0.05) is 6.92 Å². The second-order valence-electron chi connectivity index (χ2n) is 3.45. The van der Waals surface area contributed by atoms with Crippen LogP contribution in [-0.4, -0.2) is 12.6 Å². The third-order valence-corrected chi connectivity index (χ3v) is 1.97. The van der Waals surface area contributed by atoms with Gasteiger partial charge in [-0.15, -0.1) is 0 Å². The Kier molecular flexibility index (Phi) is 10.3. The molecular formula is C13H22O2. The zero-order valence-electron chi connectivity index (χ0n) is 9.87. The van der Waals surface area contributed by atoms with Gasteiger partial charge in [0.15, 0.2) is 0 Å². The molecular weight excluding hydrogens is 188 g/mol. The van der Waals surface area contributed by atoms with E-state index in [9.17, 15) is 4.79 Å². The fraction of sp³-hybridized carbons (Fsp3) is 0.615. The summed E-state index contributed by atoms with van der Waals surface area (Å²) >= 11 is 0. The predicted molar refractivity (Wildman–Crippen MR) is 63.7 cm³/mol. The molecule has 0 spiro atoms. The number of hydrogen-bond donors (Lipinski definition) is 0. The first-order chi connectivity index (χ1) is 7.27. The number of carbonyl (C=O) groups excluding carboxylic acids is 1. The first kappa shape index (κ1) is 13.9. The van der Waals surface area contributed by atoms with Crippen LogP contribution in [0.4, 0.5) is 0 Å². The van der Waals surface area contributed by atoms with Crippen molar-refractivity contribution in [3.63, 3.8) is 0 Å². The number of carbonyl (C=O) groups is 1. The van der Waals surface area contributed by atoms with Crippen LogP contribution < -0.4 is 0 Å². The Morgan fingerprint density at radius 1 is 1.07 bits per heavy atom. The average molecular weight is 210 g/mol. The predicted octanol–water partition coefficient (Wildman–Crippen LogP) is 3.63. The van der Waals surface area contributed by atoms with Crippen molar-refractivity contribution in [2.75, 3.05) is 6.61 Å². The highest BCUT2D eigenvalue weighted by Gasteiger charge is 1.91. The third kappa shape index (κ3) is 12.9. The SMILES string of the molecule is C/C=C\CC/C=C\CCCCOC(C)=O. The number of ether oxygens (including phenoxy) is 1. The van der Waals surface area contributed by atoms with Crippen LogP contribution in [0, 0.1) is 0 Å². The van der Waals surface area contributed by atoms with Crippen molar-refractivity contribution >= 4 is 5.97 Å². The number of esters is 1. The van der Waals surface area contributed by atoms with E-state index in [-0.39, 0.29) is 5.97 Å². The van der Waals surface area contributed by atoms with Crippen molar-refractivity contribution in [3.8, 4) is 0 Å². The minimum atomic E-state index is -0.183. The highest BCUT2D eigenvalue weighted by Crippen LogP contribution is 2.00. The van der Waals surface area contributed by atoms with E-state index in [1.54, 1.807) is 0 Å². The van der Waals surface area contributed by atoms with E-state index in [1.807, 2.05) is 6.92 Å². The minimum absolute atomic E-state index is 0.183. The van der Waals surface area contributed by atoms with Crippen molar-refractivity contribution in [1.82, 2.24) is 0 Å². The molecule has 0 aliphatic carbocycles. The molecule has 86 valence electrons. The number of hydrogen-bond acceptors (Lipinski definition) is 2. The van der Waals surface area contributed by atoms with Gasteiger partial charge in [0.25, 0.3) is 0 Å². The van der Waals surface area contributed by atoms with Gasteiger partial charge in [-0.05, 0) is 39.0 Å². The smallest absolute Gasteiger partial charge is 0.302 e. The molecule has 0 fully saturated rings. The summed E-state index contributed by atoms with van der Waals surface area (Å²) in [5.41, 5.74) is 0. The summed E-state index contributed by atoms with van der Waals surface area (Å²) in [5, 5.41) is 0. The summed E-state index contributed by atoms with van der Waals surface area (Å²) in [5.74, 6) is -0.183. The van der Waals surface area contributed by atoms with E-state index in [0.717, 1.165) is 32.1 Å². The van der Waals surface area contributed by atoms with Crippen LogP contribution >= 0.6 is 0 Å². The summed E-state index contributed by atoms with van der Waals surface area (Å²) in [7, 11) is 0. The van der Waals surface area contributed by atoms with Gasteiger partial charge in [-0.2, -0.15) is 0 Å². The van der Waals surface area contributed by atoms with Crippen LogP contribution in [0.3, 0.4) is 0 Å². The third-order valence-electron chi connectivity index (χ3n) is 1.97. The Morgan fingerprint density at radius 3 is 2.40 bits per heavy atom. The van der Waals surface area contributed by atoms with E-state index < -0.39 is 0 Å². The maximum atomic E-state index is 10.4. The Hall–Kier alpha value is -1.05. The molecule has 0 amide bonds. The number of allylic oxidation sites excluding steroid dienone is 4. The highest BCUT2D eigenvalue weighted by atomic mass is 16.5. The molecule has 0 N–H and O–H groups in total. The lowest BCUT2D eigenvalue weighted by atomic mass is 10.2. The topological polar surface area (TPSA) is 26.3 Å². The summed E-state index contributed by atoms with van der Waals surface area (Å²) in [6.45, 7) is 4.04. The summed E-state index contributed by atoms with van der Waals surface area (Å²) < 4.78 is 4.83. The summed E-state index contributed by atoms with van der Waals surface area (Å²) in [4.78, 5) is 10.4. The van der Waals surface area contributed by atoms with Crippen LogP contribution in [0.25, 0.3) is 0 Å². The van der Waals surface area contributed by atoms with E-state index >= 15 is 0 Å². The monoisotopic (exact) mass is 210 g/mol. The first-order valence-electron chi connectivity index (χ1n) is 5.67. The first-order valence-corrected chi connectivity index (χ1v) is 5.67. The Balaban J connectivity index is 3.12. The minimum Gasteiger partial charge on any atom is -0.466 e. The van der Waals surface area contributed by atoms with E-state index in [2.05, 4.69) is 24.3 Å². The van der Waals surface area contributed by atoms with E-state index in [4.69, 9.17) is 4.74 Å². The molecule has 0 aromatic rings. The van der Waals surface area contributed by atoms with Crippen molar-refractivity contribution in [2.45, 2.75) is 46.0 Å². The van der Waals surface area contributed by atoms with Gasteiger partial charge in [0.1, 0.15) is 0 Å². The average Bonchev–Trinajstić information content (AvgIpc) is 2.20. The molecule has 0 heterocycles. The zero-order chi connectivity index (χ0) is 11.4. The molecule has 0 aliphatic rings. The normalized spacial score (nSPS) is 11.3. The van der Waals surface area contributed by atoms with Crippen LogP contribution in [0.1, 0.15) is 46.0 Å². The highest BCUT2D eigenvalue weighted by molar-refractivity contribution is 5.65. The molecule has 0 unspecified atom stereocenters. The standard InChI is InChI=1S/C13H22O2/c1-3-4-5-6-7-8-9-10-11-12-15-13(2)14/h3-4,7-8H,5-6,9-12H2,1-2H3/b4-3-,8-7-. The largest absolute Gasteiger partial charge is 0.466 e. The second kappa shape index (κ2) is 11.0. The fourth-order valence-corrected chi connectivity index (χ4v) is 1.17. The van der Waals surface area contributed by atoms with Gasteiger partial charge in [0.05, 0.1) is 6.61 Å². The lowest BCUT2D eigenvalue weighted by molar-refractivity contribution is -0.141. The van der Waals surface area contributed by atoms with Crippen LogP contribution in [0.2, 0.25) is 0 Å². The van der Waals surface area contributed by atoms with Gasteiger partial charge >= 0.3 is 5.97 Å². The lowest BCUT2D eigenvalue weighted by Crippen LogP contribution is -1.99. The summed E-state index contributed by atoms with van der Waals surface area (Å²) in [6.07, 6.45) is 14.0. The lowest BCUT2D eigenvalue weighted by Gasteiger charge is -1.99. The van der Waals surface area contributed by atoms with Crippen LogP contribution in [0.5, 0.6) is 0 Å². The molecule has 0 saturated heterocycles. The molecule has 0 rings (SSSR count). The van der Waals surface area contributed by atoms with E-state index in [0.29, 0.717) is 6.61 Å². The quantitative estimate of drug-likeness (QED) is 0.347. The van der Waals surface area contributed by atoms with Crippen molar-refractivity contribution < 1.29 is 9.53 Å². The molecule has 2 nitrogen and oxygen atoms in total. The van der Waals surface area contributed by atoms with Crippen molar-refractivity contribution in [2.24, 2.45) is 0 Å². The van der Waals surface area contributed by atoms with Crippen LogP contribution in [0.15, 0.2) is 24.3 Å². The van der Waals surface area contributed by atoms with Crippen LogP contribution in [-0.2, 0) is 9.53 Å². The van der Waals surface area contributed by atoms with E-state index in [1.165, 1.54) is 6.92 Å². The van der Waals surface area contributed by atoms with Gasteiger partial charge in [0.2, 0.25) is 0 Å². The molecule has 0 saturated carbocycles. The molecule has 0 aliphatic heterocycles. The maximum Gasteiger partial charge on any atom is 0.302 e. The van der Waals surface area contributed by atoms with Gasteiger partial charge < -0.3 is 4.74 Å². The number of unbranched alkanes of at least 4 members (excludes halogenated alkanes) is 3. The molecule has 0 atom stereocenters.